The summed E-state index contributed by atoms with van der Waals surface area (Å²) in [5, 5.41) is 4.02. The van der Waals surface area contributed by atoms with E-state index in [2.05, 4.69) is 15.2 Å². The third-order valence-corrected chi connectivity index (χ3v) is 3.20. The maximum absolute atomic E-state index is 5.92. The molecule has 3 rings (SSSR count). The molecule has 17 heavy (non-hydrogen) atoms. The third-order valence-electron chi connectivity index (χ3n) is 2.96. The number of halogens is 1. The van der Waals surface area contributed by atoms with E-state index in [4.69, 9.17) is 16.0 Å². The van der Waals surface area contributed by atoms with Crippen LogP contribution in [0.25, 0.3) is 11.1 Å². The molecule has 1 aromatic heterocycles. The van der Waals surface area contributed by atoms with Crippen molar-refractivity contribution in [3.8, 4) is 0 Å². The molecule has 2 heterocycles. The first kappa shape index (κ1) is 11.0. The summed E-state index contributed by atoms with van der Waals surface area (Å²) in [5.41, 5.74) is 1.64. The number of hydrogen-bond acceptors (Lipinski definition) is 4. The molecule has 1 aliphatic rings. The fourth-order valence-electron chi connectivity index (χ4n) is 2.08. The predicted molar refractivity (Wildman–Crippen MR) is 67.2 cm³/mol. The van der Waals surface area contributed by atoms with Gasteiger partial charge in [-0.25, -0.2) is 4.98 Å². The number of aromatic nitrogens is 1. The SMILES string of the molecule is Clc1ccc2oc(CN3CCNCC3)nc2c1. The Morgan fingerprint density at radius 1 is 1.35 bits per heavy atom. The molecule has 2 aromatic rings. The lowest BCUT2D eigenvalue weighted by Crippen LogP contribution is -2.42. The molecule has 4 nitrogen and oxygen atoms in total. The van der Waals surface area contributed by atoms with Crippen molar-refractivity contribution in [3.05, 3.63) is 29.1 Å². The van der Waals surface area contributed by atoms with Gasteiger partial charge < -0.3 is 9.73 Å². The fraction of sp³-hybridized carbons (Fsp3) is 0.417. The first-order valence-corrected chi connectivity index (χ1v) is 6.17. The van der Waals surface area contributed by atoms with Crippen molar-refractivity contribution < 1.29 is 4.42 Å². The second-order valence-corrected chi connectivity index (χ2v) is 4.68. The summed E-state index contributed by atoms with van der Waals surface area (Å²) in [6.07, 6.45) is 0. The number of hydrogen-bond donors (Lipinski definition) is 1. The van der Waals surface area contributed by atoms with Crippen LogP contribution in [0, 0.1) is 0 Å². The van der Waals surface area contributed by atoms with E-state index in [1.165, 1.54) is 0 Å². The molecular formula is C12H14ClN3O. The fourth-order valence-corrected chi connectivity index (χ4v) is 2.24. The summed E-state index contributed by atoms with van der Waals surface area (Å²) in [5.74, 6) is 0.768. The maximum atomic E-state index is 5.92. The summed E-state index contributed by atoms with van der Waals surface area (Å²) < 4.78 is 5.69. The van der Waals surface area contributed by atoms with Crippen molar-refractivity contribution >= 4 is 22.7 Å². The Hall–Kier alpha value is -1.10. The van der Waals surface area contributed by atoms with Crippen molar-refractivity contribution in [3.63, 3.8) is 0 Å². The number of nitrogens with zero attached hydrogens (tertiary/aromatic N) is 2. The highest BCUT2D eigenvalue weighted by atomic mass is 35.5. The largest absolute Gasteiger partial charge is 0.439 e. The lowest BCUT2D eigenvalue weighted by atomic mass is 10.3. The Bertz CT molecular complexity index is 519. The van der Waals surface area contributed by atoms with Crippen LogP contribution >= 0.6 is 11.6 Å². The van der Waals surface area contributed by atoms with Crippen LogP contribution in [0.15, 0.2) is 22.6 Å². The number of oxazole rings is 1. The van der Waals surface area contributed by atoms with E-state index in [0.717, 1.165) is 49.7 Å². The van der Waals surface area contributed by atoms with E-state index in [1.54, 1.807) is 0 Å². The summed E-state index contributed by atoms with van der Waals surface area (Å²) in [7, 11) is 0. The summed E-state index contributed by atoms with van der Waals surface area (Å²) >= 11 is 5.92. The molecule has 90 valence electrons. The van der Waals surface area contributed by atoms with Gasteiger partial charge in [-0.15, -0.1) is 0 Å². The van der Waals surface area contributed by atoms with Crippen LogP contribution in [0.2, 0.25) is 5.02 Å². The Labute approximate surface area is 105 Å². The molecular weight excluding hydrogens is 238 g/mol. The molecule has 1 N–H and O–H groups in total. The van der Waals surface area contributed by atoms with Gasteiger partial charge >= 0.3 is 0 Å². The van der Waals surface area contributed by atoms with Crippen LogP contribution < -0.4 is 5.32 Å². The number of rotatable bonds is 2. The second-order valence-electron chi connectivity index (χ2n) is 4.25. The molecule has 0 saturated carbocycles. The van der Waals surface area contributed by atoms with E-state index >= 15 is 0 Å². The van der Waals surface area contributed by atoms with Gasteiger partial charge in [0.25, 0.3) is 0 Å². The summed E-state index contributed by atoms with van der Waals surface area (Å²) in [6.45, 7) is 4.92. The van der Waals surface area contributed by atoms with Gasteiger partial charge in [-0.05, 0) is 18.2 Å². The van der Waals surface area contributed by atoms with Gasteiger partial charge in [-0.3, -0.25) is 4.90 Å². The molecule has 1 aromatic carbocycles. The van der Waals surface area contributed by atoms with Crippen molar-refractivity contribution in [2.24, 2.45) is 0 Å². The molecule has 0 amide bonds. The van der Waals surface area contributed by atoms with Gasteiger partial charge in [0, 0.05) is 31.2 Å². The van der Waals surface area contributed by atoms with E-state index in [9.17, 15) is 0 Å². The maximum Gasteiger partial charge on any atom is 0.209 e. The summed E-state index contributed by atoms with van der Waals surface area (Å²) in [4.78, 5) is 6.79. The number of benzene rings is 1. The van der Waals surface area contributed by atoms with E-state index in [-0.39, 0.29) is 0 Å². The van der Waals surface area contributed by atoms with Crippen molar-refractivity contribution in [1.82, 2.24) is 15.2 Å². The molecule has 1 fully saturated rings. The van der Waals surface area contributed by atoms with Crippen LogP contribution in [0.1, 0.15) is 5.89 Å². The van der Waals surface area contributed by atoms with Gasteiger partial charge in [0.05, 0.1) is 6.54 Å². The van der Waals surface area contributed by atoms with Crippen LogP contribution in [-0.2, 0) is 6.54 Å². The zero-order chi connectivity index (χ0) is 11.7. The minimum atomic E-state index is 0.694. The monoisotopic (exact) mass is 251 g/mol. The predicted octanol–water partition coefficient (Wildman–Crippen LogP) is 1.89. The lowest BCUT2D eigenvalue weighted by molar-refractivity contribution is 0.214. The zero-order valence-corrected chi connectivity index (χ0v) is 10.2. The minimum Gasteiger partial charge on any atom is -0.439 e. The molecule has 1 saturated heterocycles. The average molecular weight is 252 g/mol. The van der Waals surface area contributed by atoms with Crippen molar-refractivity contribution in [2.75, 3.05) is 26.2 Å². The Balaban J connectivity index is 1.80. The smallest absolute Gasteiger partial charge is 0.209 e. The third kappa shape index (κ3) is 2.44. The van der Waals surface area contributed by atoms with Crippen molar-refractivity contribution in [2.45, 2.75) is 6.54 Å². The van der Waals surface area contributed by atoms with Crippen molar-refractivity contribution in [1.29, 1.82) is 0 Å². The van der Waals surface area contributed by atoms with Crippen LogP contribution in [0.5, 0.6) is 0 Å². The molecule has 0 bridgehead atoms. The van der Waals surface area contributed by atoms with Gasteiger partial charge in [-0.2, -0.15) is 0 Å². The topological polar surface area (TPSA) is 41.3 Å². The first-order valence-electron chi connectivity index (χ1n) is 5.79. The molecule has 0 atom stereocenters. The van der Waals surface area contributed by atoms with Gasteiger partial charge in [0.1, 0.15) is 5.52 Å². The Morgan fingerprint density at radius 3 is 3.00 bits per heavy atom. The minimum absolute atomic E-state index is 0.694. The van der Waals surface area contributed by atoms with Crippen LogP contribution in [-0.4, -0.2) is 36.1 Å². The highest BCUT2D eigenvalue weighted by molar-refractivity contribution is 6.31. The highest BCUT2D eigenvalue weighted by Gasteiger charge is 2.13. The van der Waals surface area contributed by atoms with Gasteiger partial charge in [0.15, 0.2) is 5.58 Å². The molecule has 0 unspecified atom stereocenters. The van der Waals surface area contributed by atoms with Crippen LogP contribution in [0.4, 0.5) is 0 Å². The molecule has 0 spiro atoms. The average Bonchev–Trinajstić information content (AvgIpc) is 2.71. The number of nitrogens with one attached hydrogen (secondary N) is 1. The number of fused-ring (bicyclic) bond motifs is 1. The van der Waals surface area contributed by atoms with Gasteiger partial charge in [0.2, 0.25) is 5.89 Å². The quantitative estimate of drug-likeness (QED) is 0.885. The Kier molecular flexibility index (Phi) is 3.01. The zero-order valence-electron chi connectivity index (χ0n) is 9.45. The lowest BCUT2D eigenvalue weighted by Gasteiger charge is -2.25. The number of piperazine rings is 1. The molecule has 0 radical (unpaired) electrons. The molecule has 1 aliphatic heterocycles. The first-order chi connectivity index (χ1) is 8.31. The van der Waals surface area contributed by atoms with E-state index in [0.29, 0.717) is 5.02 Å². The normalized spacial score (nSPS) is 17.7. The van der Waals surface area contributed by atoms with E-state index in [1.807, 2.05) is 18.2 Å². The van der Waals surface area contributed by atoms with Crippen LogP contribution in [0.3, 0.4) is 0 Å². The standard InChI is InChI=1S/C12H14ClN3O/c13-9-1-2-11-10(7-9)15-12(17-11)8-16-5-3-14-4-6-16/h1-2,7,14H,3-6,8H2. The summed E-state index contributed by atoms with van der Waals surface area (Å²) in [6, 6.07) is 5.53. The highest BCUT2D eigenvalue weighted by Crippen LogP contribution is 2.20. The van der Waals surface area contributed by atoms with E-state index < -0.39 is 0 Å². The second kappa shape index (κ2) is 4.64. The Morgan fingerprint density at radius 2 is 2.18 bits per heavy atom. The molecule has 0 aliphatic carbocycles. The van der Waals surface area contributed by atoms with Gasteiger partial charge in [-0.1, -0.05) is 11.6 Å². The molecule has 5 heteroatoms.